The van der Waals surface area contributed by atoms with E-state index in [1.807, 2.05) is 23.0 Å². The minimum Gasteiger partial charge on any atom is -0.490 e. The summed E-state index contributed by atoms with van der Waals surface area (Å²) in [6.45, 7) is 7.31. The SMILES string of the molecule is CB(O)N1CCOc2ccc(NC(C)C)cc21. The van der Waals surface area contributed by atoms with Gasteiger partial charge >= 0.3 is 7.05 Å². The third-order valence-corrected chi connectivity index (χ3v) is 2.76. The number of benzene rings is 1. The Hall–Kier alpha value is -1.36. The van der Waals surface area contributed by atoms with Gasteiger partial charge in [0.1, 0.15) is 12.4 Å². The normalized spacial score (nSPS) is 14.3. The van der Waals surface area contributed by atoms with E-state index in [0.717, 1.165) is 23.7 Å². The molecule has 1 aliphatic rings. The van der Waals surface area contributed by atoms with Crippen LogP contribution >= 0.6 is 0 Å². The predicted molar refractivity (Wildman–Crippen MR) is 71.9 cm³/mol. The Bertz CT molecular complexity index is 396. The van der Waals surface area contributed by atoms with E-state index in [0.29, 0.717) is 12.6 Å². The number of fused-ring (bicyclic) bond motifs is 1. The molecule has 0 bridgehead atoms. The van der Waals surface area contributed by atoms with Crippen LogP contribution in [-0.4, -0.2) is 31.3 Å². The molecule has 4 nitrogen and oxygen atoms in total. The van der Waals surface area contributed by atoms with Crippen LogP contribution in [0.25, 0.3) is 0 Å². The molecule has 0 radical (unpaired) electrons. The van der Waals surface area contributed by atoms with Crippen LogP contribution in [0.4, 0.5) is 11.4 Å². The highest BCUT2D eigenvalue weighted by Crippen LogP contribution is 2.34. The van der Waals surface area contributed by atoms with Crippen molar-refractivity contribution in [1.82, 2.24) is 0 Å². The summed E-state index contributed by atoms with van der Waals surface area (Å²) in [5.41, 5.74) is 2.01. The molecule has 0 atom stereocenters. The first kappa shape index (κ1) is 12.1. The Kier molecular flexibility index (Phi) is 3.47. The fourth-order valence-corrected chi connectivity index (χ4v) is 2.05. The number of ether oxygens (including phenoxy) is 1. The smallest absolute Gasteiger partial charge is 0.409 e. The monoisotopic (exact) mass is 234 g/mol. The maximum Gasteiger partial charge on any atom is 0.409 e. The molecule has 0 aliphatic carbocycles. The number of nitrogens with one attached hydrogen (secondary N) is 1. The van der Waals surface area contributed by atoms with Crippen molar-refractivity contribution in [1.29, 1.82) is 0 Å². The van der Waals surface area contributed by atoms with Gasteiger partial charge in [0.15, 0.2) is 0 Å². The number of rotatable bonds is 3. The largest absolute Gasteiger partial charge is 0.490 e. The number of anilines is 2. The molecule has 0 fully saturated rings. The first-order valence-corrected chi connectivity index (χ1v) is 6.06. The van der Waals surface area contributed by atoms with E-state index in [1.54, 1.807) is 6.82 Å². The molecule has 2 rings (SSSR count). The Morgan fingerprint density at radius 3 is 2.88 bits per heavy atom. The van der Waals surface area contributed by atoms with Crippen LogP contribution in [0.15, 0.2) is 18.2 Å². The fourth-order valence-electron chi connectivity index (χ4n) is 2.05. The third kappa shape index (κ3) is 2.66. The summed E-state index contributed by atoms with van der Waals surface area (Å²) in [7, 11) is -0.494. The van der Waals surface area contributed by atoms with Crippen LogP contribution in [0.2, 0.25) is 6.82 Å². The Labute approximate surface area is 103 Å². The average molecular weight is 234 g/mol. The van der Waals surface area contributed by atoms with Gasteiger partial charge in [-0.2, -0.15) is 0 Å². The van der Waals surface area contributed by atoms with E-state index in [2.05, 4.69) is 19.2 Å². The van der Waals surface area contributed by atoms with Gasteiger partial charge in [0.2, 0.25) is 0 Å². The summed E-state index contributed by atoms with van der Waals surface area (Å²) in [4.78, 5) is 1.95. The lowest BCUT2D eigenvalue weighted by Crippen LogP contribution is -2.42. The first-order valence-electron chi connectivity index (χ1n) is 6.06. The molecule has 0 aromatic heterocycles. The predicted octanol–water partition coefficient (Wildman–Crippen LogP) is 1.82. The van der Waals surface area contributed by atoms with Gasteiger partial charge in [-0.05, 0) is 38.9 Å². The van der Waals surface area contributed by atoms with Crippen LogP contribution in [0.1, 0.15) is 13.8 Å². The number of hydrogen-bond donors (Lipinski definition) is 2. The standard InChI is InChI=1S/C12H19BN2O2/c1-9(2)14-10-4-5-12-11(8-10)15(13(3)16)6-7-17-12/h4-5,8-9,14,16H,6-7H2,1-3H3. The van der Waals surface area contributed by atoms with Crippen LogP contribution < -0.4 is 14.9 Å². The molecule has 0 unspecified atom stereocenters. The Morgan fingerprint density at radius 1 is 1.47 bits per heavy atom. The maximum atomic E-state index is 9.75. The molecular weight excluding hydrogens is 215 g/mol. The van der Waals surface area contributed by atoms with E-state index in [-0.39, 0.29) is 0 Å². The molecule has 5 heteroatoms. The van der Waals surface area contributed by atoms with Crippen LogP contribution in [0.5, 0.6) is 5.75 Å². The van der Waals surface area contributed by atoms with Crippen molar-refractivity contribution < 1.29 is 9.76 Å². The Balaban J connectivity index is 2.30. The van der Waals surface area contributed by atoms with Gasteiger partial charge in [0, 0.05) is 18.3 Å². The van der Waals surface area contributed by atoms with Gasteiger partial charge in [0.05, 0.1) is 5.69 Å². The van der Waals surface area contributed by atoms with E-state index >= 15 is 0 Å². The molecule has 2 N–H and O–H groups in total. The maximum absolute atomic E-state index is 9.75. The van der Waals surface area contributed by atoms with Crippen molar-refractivity contribution in [3.8, 4) is 5.75 Å². The van der Waals surface area contributed by atoms with Crippen molar-refractivity contribution in [2.45, 2.75) is 26.7 Å². The lowest BCUT2D eigenvalue weighted by Gasteiger charge is -2.32. The van der Waals surface area contributed by atoms with Crippen LogP contribution in [0, 0.1) is 0 Å². The second kappa shape index (κ2) is 4.88. The molecule has 1 aromatic rings. The summed E-state index contributed by atoms with van der Waals surface area (Å²) in [6.07, 6.45) is 0. The molecule has 0 saturated carbocycles. The van der Waals surface area contributed by atoms with Crippen molar-refractivity contribution in [2.24, 2.45) is 0 Å². The van der Waals surface area contributed by atoms with Crippen molar-refractivity contribution in [3.63, 3.8) is 0 Å². The summed E-state index contributed by atoms with van der Waals surface area (Å²) < 4.78 is 5.58. The highest BCUT2D eigenvalue weighted by Gasteiger charge is 2.24. The van der Waals surface area contributed by atoms with E-state index in [4.69, 9.17) is 4.74 Å². The molecule has 0 saturated heterocycles. The highest BCUT2D eigenvalue weighted by atomic mass is 16.5. The molecule has 1 aliphatic heterocycles. The van der Waals surface area contributed by atoms with Gasteiger partial charge in [0.25, 0.3) is 0 Å². The molecular formula is C12H19BN2O2. The molecule has 92 valence electrons. The molecule has 17 heavy (non-hydrogen) atoms. The van der Waals surface area contributed by atoms with Gasteiger partial charge in [-0.15, -0.1) is 0 Å². The summed E-state index contributed by atoms with van der Waals surface area (Å²) in [5, 5.41) is 13.1. The van der Waals surface area contributed by atoms with Crippen molar-refractivity contribution >= 4 is 18.4 Å². The van der Waals surface area contributed by atoms with E-state index in [1.165, 1.54) is 0 Å². The zero-order chi connectivity index (χ0) is 12.4. The minimum absolute atomic E-state index is 0.387. The lowest BCUT2D eigenvalue weighted by molar-refractivity contribution is 0.313. The van der Waals surface area contributed by atoms with Gasteiger partial charge in [-0.1, -0.05) is 0 Å². The zero-order valence-corrected chi connectivity index (χ0v) is 10.6. The van der Waals surface area contributed by atoms with Crippen LogP contribution in [0.3, 0.4) is 0 Å². The van der Waals surface area contributed by atoms with Crippen molar-refractivity contribution in [2.75, 3.05) is 23.3 Å². The number of hydrogen-bond acceptors (Lipinski definition) is 4. The molecule has 0 spiro atoms. The summed E-state index contributed by atoms with van der Waals surface area (Å²) >= 11 is 0. The summed E-state index contributed by atoms with van der Waals surface area (Å²) in [6, 6.07) is 6.37. The average Bonchev–Trinajstić information content (AvgIpc) is 2.27. The fraction of sp³-hybridized carbons (Fsp3) is 0.500. The van der Waals surface area contributed by atoms with Crippen LogP contribution in [-0.2, 0) is 0 Å². The summed E-state index contributed by atoms with van der Waals surface area (Å²) in [5.74, 6) is 0.839. The quantitative estimate of drug-likeness (QED) is 0.783. The van der Waals surface area contributed by atoms with E-state index in [9.17, 15) is 5.02 Å². The third-order valence-electron chi connectivity index (χ3n) is 2.76. The lowest BCUT2D eigenvalue weighted by atomic mass is 9.83. The van der Waals surface area contributed by atoms with E-state index < -0.39 is 7.05 Å². The minimum atomic E-state index is -0.494. The second-order valence-electron chi connectivity index (χ2n) is 4.66. The van der Waals surface area contributed by atoms with Gasteiger partial charge < -0.3 is 19.9 Å². The topological polar surface area (TPSA) is 44.7 Å². The molecule has 0 amide bonds. The second-order valence-corrected chi connectivity index (χ2v) is 4.66. The van der Waals surface area contributed by atoms with Gasteiger partial charge in [-0.25, -0.2) is 0 Å². The first-order chi connectivity index (χ1) is 8.08. The van der Waals surface area contributed by atoms with Crippen molar-refractivity contribution in [3.05, 3.63) is 18.2 Å². The molecule has 1 heterocycles. The molecule has 1 aromatic carbocycles. The Morgan fingerprint density at radius 2 is 2.24 bits per heavy atom. The van der Waals surface area contributed by atoms with Gasteiger partial charge in [-0.3, -0.25) is 0 Å². The zero-order valence-electron chi connectivity index (χ0n) is 10.6. The number of nitrogens with zero attached hydrogens (tertiary/aromatic N) is 1. The highest BCUT2D eigenvalue weighted by molar-refractivity contribution is 6.54.